The molecule has 2 rings (SSSR count). The summed E-state index contributed by atoms with van der Waals surface area (Å²) in [6.07, 6.45) is 1.18. The van der Waals surface area contributed by atoms with Crippen molar-refractivity contribution in [2.75, 3.05) is 13.1 Å². The maximum Gasteiger partial charge on any atom is 0.124 e. The van der Waals surface area contributed by atoms with Crippen molar-refractivity contribution in [2.24, 2.45) is 11.7 Å². The predicted octanol–water partition coefficient (Wildman–Crippen LogP) is 3.21. The molecular weight excluding hydrogens is 251 g/mol. The number of nitrogens with two attached hydrogens (primary N) is 1. The van der Waals surface area contributed by atoms with Crippen LogP contribution < -0.4 is 5.73 Å². The standard InChI is InChI=1S/C14H20ClFN2/c1-9-5-10(2)18(8-9)14(7-17)12-4-3-11(16)6-13(12)15/h3-4,6,9-10,14H,5,7-8,17H2,1-2H3. The summed E-state index contributed by atoms with van der Waals surface area (Å²) in [5, 5.41) is 0.470. The molecule has 0 radical (unpaired) electrons. The first kappa shape index (κ1) is 13.8. The summed E-state index contributed by atoms with van der Waals surface area (Å²) in [6.45, 7) is 5.99. The van der Waals surface area contributed by atoms with Crippen LogP contribution in [0.3, 0.4) is 0 Å². The minimum absolute atomic E-state index is 0.0815. The maximum absolute atomic E-state index is 13.1. The van der Waals surface area contributed by atoms with Crippen molar-refractivity contribution in [3.05, 3.63) is 34.6 Å². The summed E-state index contributed by atoms with van der Waals surface area (Å²) in [5.41, 5.74) is 6.84. The molecule has 0 saturated carbocycles. The van der Waals surface area contributed by atoms with Gasteiger partial charge in [0.15, 0.2) is 0 Å². The van der Waals surface area contributed by atoms with Crippen molar-refractivity contribution in [3.8, 4) is 0 Å². The molecule has 0 bridgehead atoms. The van der Waals surface area contributed by atoms with Gasteiger partial charge in [-0.2, -0.15) is 0 Å². The Hall–Kier alpha value is -0.640. The molecule has 0 aliphatic carbocycles. The molecular formula is C14H20ClFN2. The molecule has 2 nitrogen and oxygen atoms in total. The Morgan fingerprint density at radius 1 is 1.50 bits per heavy atom. The molecule has 1 aromatic rings. The van der Waals surface area contributed by atoms with Gasteiger partial charge in [0, 0.05) is 30.2 Å². The molecule has 1 aromatic carbocycles. The Bertz CT molecular complexity index is 424. The minimum Gasteiger partial charge on any atom is -0.329 e. The van der Waals surface area contributed by atoms with E-state index in [4.69, 9.17) is 17.3 Å². The Balaban J connectivity index is 2.28. The number of hydrogen-bond acceptors (Lipinski definition) is 2. The quantitative estimate of drug-likeness (QED) is 0.914. The Kier molecular flexibility index (Phi) is 4.25. The lowest BCUT2D eigenvalue weighted by Gasteiger charge is -2.31. The number of benzene rings is 1. The zero-order valence-electron chi connectivity index (χ0n) is 10.9. The third-order valence-corrected chi connectivity index (χ3v) is 4.10. The lowest BCUT2D eigenvalue weighted by atomic mass is 10.0. The minimum atomic E-state index is -0.303. The van der Waals surface area contributed by atoms with Crippen molar-refractivity contribution in [1.29, 1.82) is 0 Å². The molecule has 18 heavy (non-hydrogen) atoms. The maximum atomic E-state index is 13.1. The molecule has 1 fully saturated rings. The van der Waals surface area contributed by atoms with Gasteiger partial charge in [-0.25, -0.2) is 4.39 Å². The lowest BCUT2D eigenvalue weighted by Crippen LogP contribution is -2.36. The van der Waals surface area contributed by atoms with Gasteiger partial charge >= 0.3 is 0 Å². The smallest absolute Gasteiger partial charge is 0.124 e. The van der Waals surface area contributed by atoms with E-state index in [1.165, 1.54) is 18.6 Å². The van der Waals surface area contributed by atoms with Gasteiger partial charge in [0.2, 0.25) is 0 Å². The Morgan fingerprint density at radius 2 is 2.22 bits per heavy atom. The van der Waals surface area contributed by atoms with Gasteiger partial charge < -0.3 is 5.73 Å². The third kappa shape index (κ3) is 2.68. The molecule has 3 atom stereocenters. The van der Waals surface area contributed by atoms with Crippen LogP contribution in [0.25, 0.3) is 0 Å². The van der Waals surface area contributed by atoms with E-state index in [1.807, 2.05) is 0 Å². The molecule has 2 N–H and O–H groups in total. The topological polar surface area (TPSA) is 29.3 Å². The van der Waals surface area contributed by atoms with Crippen LogP contribution in [0.4, 0.5) is 4.39 Å². The van der Waals surface area contributed by atoms with Crippen molar-refractivity contribution in [3.63, 3.8) is 0 Å². The van der Waals surface area contributed by atoms with Gasteiger partial charge in [-0.1, -0.05) is 24.6 Å². The van der Waals surface area contributed by atoms with Crippen LogP contribution in [-0.4, -0.2) is 24.0 Å². The van der Waals surface area contributed by atoms with Gasteiger partial charge in [-0.15, -0.1) is 0 Å². The second kappa shape index (κ2) is 5.55. The normalized spacial score (nSPS) is 26.5. The molecule has 1 heterocycles. The third-order valence-electron chi connectivity index (χ3n) is 3.78. The predicted molar refractivity (Wildman–Crippen MR) is 73.2 cm³/mol. The second-order valence-corrected chi connectivity index (χ2v) is 5.71. The highest BCUT2D eigenvalue weighted by Crippen LogP contribution is 2.34. The average Bonchev–Trinajstić information content (AvgIpc) is 2.62. The lowest BCUT2D eigenvalue weighted by molar-refractivity contribution is 0.192. The number of nitrogens with zero attached hydrogens (tertiary/aromatic N) is 1. The molecule has 1 aliphatic rings. The van der Waals surface area contributed by atoms with E-state index in [0.717, 1.165) is 12.1 Å². The summed E-state index contributed by atoms with van der Waals surface area (Å²) < 4.78 is 13.1. The number of hydrogen-bond donors (Lipinski definition) is 1. The van der Waals surface area contributed by atoms with Gasteiger partial charge in [-0.05, 0) is 37.0 Å². The first-order valence-corrected chi connectivity index (χ1v) is 6.81. The second-order valence-electron chi connectivity index (χ2n) is 5.30. The Labute approximate surface area is 113 Å². The van der Waals surface area contributed by atoms with E-state index < -0.39 is 0 Å². The monoisotopic (exact) mass is 270 g/mol. The highest BCUT2D eigenvalue weighted by Gasteiger charge is 2.32. The summed E-state index contributed by atoms with van der Waals surface area (Å²) in [5.74, 6) is 0.371. The van der Waals surface area contributed by atoms with Crippen molar-refractivity contribution in [1.82, 2.24) is 4.90 Å². The van der Waals surface area contributed by atoms with E-state index in [2.05, 4.69) is 18.7 Å². The molecule has 1 aliphatic heterocycles. The van der Waals surface area contributed by atoms with E-state index in [1.54, 1.807) is 6.07 Å². The van der Waals surface area contributed by atoms with Crippen LogP contribution in [-0.2, 0) is 0 Å². The highest BCUT2D eigenvalue weighted by atomic mass is 35.5. The van der Waals surface area contributed by atoms with Gasteiger partial charge in [0.25, 0.3) is 0 Å². The van der Waals surface area contributed by atoms with Crippen LogP contribution in [0.15, 0.2) is 18.2 Å². The van der Waals surface area contributed by atoms with Crippen LogP contribution in [0, 0.1) is 11.7 Å². The fraction of sp³-hybridized carbons (Fsp3) is 0.571. The van der Waals surface area contributed by atoms with Gasteiger partial charge in [0.05, 0.1) is 0 Å². The van der Waals surface area contributed by atoms with Crippen LogP contribution in [0.1, 0.15) is 31.9 Å². The molecule has 0 aromatic heterocycles. The zero-order valence-corrected chi connectivity index (χ0v) is 11.6. The van der Waals surface area contributed by atoms with Crippen LogP contribution in [0.2, 0.25) is 5.02 Å². The summed E-state index contributed by atoms with van der Waals surface area (Å²) in [7, 11) is 0. The molecule has 100 valence electrons. The molecule has 4 heteroatoms. The van der Waals surface area contributed by atoms with Crippen LogP contribution in [0.5, 0.6) is 0 Å². The first-order valence-electron chi connectivity index (χ1n) is 6.43. The van der Waals surface area contributed by atoms with Crippen molar-refractivity contribution in [2.45, 2.75) is 32.4 Å². The number of halogens is 2. The number of likely N-dealkylation sites (tertiary alicyclic amines) is 1. The van der Waals surface area contributed by atoms with Crippen LogP contribution >= 0.6 is 11.6 Å². The average molecular weight is 271 g/mol. The van der Waals surface area contributed by atoms with Gasteiger partial charge in [0.1, 0.15) is 5.82 Å². The molecule has 0 spiro atoms. The van der Waals surface area contributed by atoms with E-state index in [-0.39, 0.29) is 11.9 Å². The molecule has 3 unspecified atom stereocenters. The fourth-order valence-corrected chi connectivity index (χ4v) is 3.27. The zero-order chi connectivity index (χ0) is 13.3. The van der Waals surface area contributed by atoms with E-state index in [9.17, 15) is 4.39 Å². The van der Waals surface area contributed by atoms with Crippen molar-refractivity contribution < 1.29 is 4.39 Å². The summed E-state index contributed by atoms with van der Waals surface area (Å²) in [4.78, 5) is 2.38. The van der Waals surface area contributed by atoms with Crippen molar-refractivity contribution >= 4 is 11.6 Å². The number of rotatable bonds is 3. The molecule has 1 saturated heterocycles. The summed E-state index contributed by atoms with van der Waals surface area (Å²) in [6, 6.07) is 5.15. The van der Waals surface area contributed by atoms with Gasteiger partial charge in [-0.3, -0.25) is 4.90 Å². The highest BCUT2D eigenvalue weighted by molar-refractivity contribution is 6.31. The Morgan fingerprint density at radius 3 is 2.72 bits per heavy atom. The fourth-order valence-electron chi connectivity index (χ4n) is 2.98. The molecule has 0 amide bonds. The SMILES string of the molecule is CC1CC(C)N(C(CN)c2ccc(F)cc2Cl)C1. The summed E-state index contributed by atoms with van der Waals surface area (Å²) >= 11 is 6.14. The largest absolute Gasteiger partial charge is 0.329 e. The first-order chi connectivity index (χ1) is 8.52. The van der Waals surface area contributed by atoms with E-state index in [0.29, 0.717) is 23.5 Å². The van der Waals surface area contributed by atoms with E-state index >= 15 is 0 Å².